The SMILES string of the molecule is C[B]c1cnc(Nc2ccc(OC)c(Cl)c2)nc1N(NCC)C1CCCC1. The first kappa shape index (κ1) is 19.8. The van der Waals surface area contributed by atoms with Gasteiger partial charge in [0, 0.05) is 24.5 Å². The number of rotatable bonds is 8. The predicted octanol–water partition coefficient (Wildman–Crippen LogP) is 3.53. The zero-order chi connectivity index (χ0) is 19.2. The van der Waals surface area contributed by atoms with E-state index in [4.69, 9.17) is 21.3 Å². The van der Waals surface area contributed by atoms with Crippen molar-refractivity contribution in [3.8, 4) is 5.75 Å². The van der Waals surface area contributed by atoms with E-state index in [1.807, 2.05) is 38.5 Å². The molecule has 1 radical (unpaired) electrons. The Bertz CT molecular complexity index is 770. The molecule has 2 aromatic rings. The van der Waals surface area contributed by atoms with E-state index in [0.29, 0.717) is 22.8 Å². The molecule has 1 aliphatic rings. The number of nitrogens with one attached hydrogen (secondary N) is 2. The van der Waals surface area contributed by atoms with Crippen molar-refractivity contribution in [2.24, 2.45) is 0 Å². The number of halogens is 1. The van der Waals surface area contributed by atoms with Gasteiger partial charge in [0.25, 0.3) is 0 Å². The first-order chi connectivity index (χ1) is 13.2. The molecule has 27 heavy (non-hydrogen) atoms. The summed E-state index contributed by atoms with van der Waals surface area (Å²) in [6.45, 7) is 4.97. The summed E-state index contributed by atoms with van der Waals surface area (Å²) in [4.78, 5) is 9.27. The molecule has 1 fully saturated rings. The smallest absolute Gasteiger partial charge is 0.229 e. The fourth-order valence-corrected chi connectivity index (χ4v) is 3.68. The van der Waals surface area contributed by atoms with Crippen molar-refractivity contribution in [3.05, 3.63) is 29.4 Å². The molecule has 0 atom stereocenters. The van der Waals surface area contributed by atoms with Crippen molar-refractivity contribution in [1.29, 1.82) is 0 Å². The fraction of sp³-hybridized carbons (Fsp3) is 0.474. The molecule has 1 saturated carbocycles. The number of anilines is 3. The van der Waals surface area contributed by atoms with Crippen LogP contribution in [-0.4, -0.2) is 36.9 Å². The van der Waals surface area contributed by atoms with Crippen LogP contribution in [-0.2, 0) is 0 Å². The van der Waals surface area contributed by atoms with Gasteiger partial charge in [-0.3, -0.25) is 5.01 Å². The summed E-state index contributed by atoms with van der Waals surface area (Å²) < 4.78 is 5.20. The molecule has 143 valence electrons. The average molecular weight is 387 g/mol. The van der Waals surface area contributed by atoms with Gasteiger partial charge in [0.15, 0.2) is 7.28 Å². The van der Waals surface area contributed by atoms with Crippen LogP contribution in [0, 0.1) is 0 Å². The summed E-state index contributed by atoms with van der Waals surface area (Å²) in [5.74, 6) is 2.08. The molecule has 3 rings (SSSR count). The molecule has 0 unspecified atom stereocenters. The molecular weight excluding hydrogens is 361 g/mol. The summed E-state index contributed by atoms with van der Waals surface area (Å²) in [6.07, 6.45) is 6.74. The molecule has 8 heteroatoms. The summed E-state index contributed by atoms with van der Waals surface area (Å²) in [5.41, 5.74) is 5.32. The van der Waals surface area contributed by atoms with Crippen molar-refractivity contribution in [2.45, 2.75) is 45.5 Å². The minimum Gasteiger partial charge on any atom is -0.495 e. The Morgan fingerprint density at radius 1 is 1.33 bits per heavy atom. The number of hydrogen-bond donors (Lipinski definition) is 2. The third-order valence-electron chi connectivity index (χ3n) is 4.76. The van der Waals surface area contributed by atoms with E-state index in [-0.39, 0.29) is 0 Å². The zero-order valence-corrected chi connectivity index (χ0v) is 16.9. The maximum absolute atomic E-state index is 6.22. The number of hydrazine groups is 1. The number of aromatic nitrogens is 2. The number of benzene rings is 1. The van der Waals surface area contributed by atoms with E-state index in [9.17, 15) is 0 Å². The van der Waals surface area contributed by atoms with Gasteiger partial charge in [-0.1, -0.05) is 38.2 Å². The van der Waals surface area contributed by atoms with Crippen LogP contribution in [0.4, 0.5) is 17.5 Å². The van der Waals surface area contributed by atoms with E-state index < -0.39 is 0 Å². The van der Waals surface area contributed by atoms with E-state index in [1.54, 1.807) is 7.11 Å². The maximum Gasteiger partial charge on any atom is 0.229 e. The third kappa shape index (κ3) is 4.65. The van der Waals surface area contributed by atoms with Crippen LogP contribution in [0.15, 0.2) is 24.4 Å². The number of ether oxygens (including phenoxy) is 1. The van der Waals surface area contributed by atoms with Crippen LogP contribution < -0.4 is 26.0 Å². The Morgan fingerprint density at radius 2 is 2.11 bits per heavy atom. The van der Waals surface area contributed by atoms with Crippen LogP contribution in [0.2, 0.25) is 11.8 Å². The summed E-state index contributed by atoms with van der Waals surface area (Å²) in [6, 6.07) is 5.99. The van der Waals surface area contributed by atoms with Crippen molar-refractivity contribution >= 4 is 41.8 Å². The van der Waals surface area contributed by atoms with Gasteiger partial charge in [-0.25, -0.2) is 10.4 Å². The summed E-state index contributed by atoms with van der Waals surface area (Å²) in [5, 5.41) is 6.01. The monoisotopic (exact) mass is 386 g/mol. The van der Waals surface area contributed by atoms with Gasteiger partial charge in [0.05, 0.1) is 12.1 Å². The molecule has 0 amide bonds. The predicted molar refractivity (Wildman–Crippen MR) is 113 cm³/mol. The Kier molecular flexibility index (Phi) is 6.80. The molecule has 0 spiro atoms. The Balaban J connectivity index is 1.89. The Hall–Kier alpha value is -1.99. The molecule has 6 nitrogen and oxygen atoms in total. The molecule has 1 aliphatic carbocycles. The van der Waals surface area contributed by atoms with E-state index in [0.717, 1.165) is 23.5 Å². The first-order valence-corrected chi connectivity index (χ1v) is 9.83. The van der Waals surface area contributed by atoms with Crippen LogP contribution in [0.1, 0.15) is 32.6 Å². The van der Waals surface area contributed by atoms with Gasteiger partial charge in [0.2, 0.25) is 5.95 Å². The van der Waals surface area contributed by atoms with Gasteiger partial charge < -0.3 is 10.1 Å². The van der Waals surface area contributed by atoms with Gasteiger partial charge >= 0.3 is 0 Å². The van der Waals surface area contributed by atoms with Gasteiger partial charge in [-0.15, -0.1) is 0 Å². The van der Waals surface area contributed by atoms with E-state index in [1.165, 1.54) is 25.7 Å². The Morgan fingerprint density at radius 3 is 2.74 bits per heavy atom. The highest BCUT2D eigenvalue weighted by molar-refractivity contribution is 6.53. The molecule has 0 bridgehead atoms. The van der Waals surface area contributed by atoms with Crippen LogP contribution >= 0.6 is 11.6 Å². The zero-order valence-electron chi connectivity index (χ0n) is 16.1. The van der Waals surface area contributed by atoms with Crippen molar-refractivity contribution in [2.75, 3.05) is 24.0 Å². The average Bonchev–Trinajstić information content (AvgIpc) is 3.21. The number of nitrogens with zero attached hydrogens (tertiary/aromatic N) is 3. The molecular formula is C19H26BClN5O. The third-order valence-corrected chi connectivity index (χ3v) is 5.06. The molecule has 0 saturated heterocycles. The quantitative estimate of drug-likeness (QED) is 0.534. The highest BCUT2D eigenvalue weighted by atomic mass is 35.5. The van der Waals surface area contributed by atoms with Gasteiger partial charge in [0.1, 0.15) is 11.6 Å². The summed E-state index contributed by atoms with van der Waals surface area (Å²) >= 11 is 6.22. The van der Waals surface area contributed by atoms with E-state index >= 15 is 0 Å². The molecule has 1 aromatic heterocycles. The first-order valence-electron chi connectivity index (χ1n) is 9.46. The van der Waals surface area contributed by atoms with Crippen LogP contribution in [0.3, 0.4) is 0 Å². The normalized spacial score (nSPS) is 14.2. The van der Waals surface area contributed by atoms with Crippen molar-refractivity contribution in [1.82, 2.24) is 15.4 Å². The lowest BCUT2D eigenvalue weighted by Gasteiger charge is -2.31. The highest BCUT2D eigenvalue weighted by Gasteiger charge is 2.25. The minimum absolute atomic E-state index is 0.460. The standard InChI is InChI=1S/C19H26BClN5O/c1-4-23-26(14-7-5-6-8-14)18-15(20-2)12-22-19(25-18)24-13-9-10-17(27-3)16(21)11-13/h9-12,14,23H,4-8H2,1-3H3,(H,22,24,25). The Labute approximate surface area is 166 Å². The highest BCUT2D eigenvalue weighted by Crippen LogP contribution is 2.29. The minimum atomic E-state index is 0.460. The second-order valence-corrected chi connectivity index (χ2v) is 6.96. The molecule has 1 heterocycles. The molecule has 2 N–H and O–H groups in total. The lowest BCUT2D eigenvalue weighted by atomic mass is 9.74. The van der Waals surface area contributed by atoms with Gasteiger partial charge in [-0.2, -0.15) is 4.98 Å². The largest absolute Gasteiger partial charge is 0.495 e. The molecule has 1 aromatic carbocycles. The topological polar surface area (TPSA) is 62.3 Å². The van der Waals surface area contributed by atoms with Crippen molar-refractivity contribution < 1.29 is 4.74 Å². The van der Waals surface area contributed by atoms with Crippen molar-refractivity contribution in [3.63, 3.8) is 0 Å². The second-order valence-electron chi connectivity index (χ2n) is 6.56. The number of methoxy groups -OCH3 is 1. The molecule has 0 aliphatic heterocycles. The number of hydrogen-bond acceptors (Lipinski definition) is 6. The second kappa shape index (κ2) is 9.28. The lowest BCUT2D eigenvalue weighted by Crippen LogP contribution is -2.48. The lowest BCUT2D eigenvalue weighted by molar-refractivity contribution is 0.415. The fourth-order valence-electron chi connectivity index (χ4n) is 3.42. The van der Waals surface area contributed by atoms with Crippen LogP contribution in [0.5, 0.6) is 5.75 Å². The van der Waals surface area contributed by atoms with E-state index in [2.05, 4.69) is 27.7 Å². The summed E-state index contributed by atoms with van der Waals surface area (Å²) in [7, 11) is 3.64. The maximum atomic E-state index is 6.22. The van der Waals surface area contributed by atoms with Crippen LogP contribution in [0.25, 0.3) is 0 Å². The van der Waals surface area contributed by atoms with Gasteiger partial charge in [-0.05, 0) is 36.5 Å².